The molecule has 7 heteroatoms. The van der Waals surface area contributed by atoms with Gasteiger partial charge >= 0.3 is 0 Å². The average molecular weight is 542 g/mol. The van der Waals surface area contributed by atoms with Crippen LogP contribution < -0.4 is 10.5 Å². The van der Waals surface area contributed by atoms with E-state index in [1.54, 1.807) is 22.0 Å². The number of carbonyl (C=O) groups is 1. The number of aryl methyl sites for hydroxylation is 3. The highest BCUT2D eigenvalue weighted by atomic mass is 32.2. The third-order valence-electron chi connectivity index (χ3n) is 7.83. The van der Waals surface area contributed by atoms with Gasteiger partial charge in [0.05, 0.1) is 16.8 Å². The molecule has 0 fully saturated rings. The predicted molar refractivity (Wildman–Crippen MR) is 158 cm³/mol. The molecule has 0 unspecified atom stereocenters. The third-order valence-corrected chi connectivity index (χ3v) is 9.98. The molecule has 2 aliphatic rings. The second-order valence-corrected chi connectivity index (χ2v) is 12.8. The molecule has 0 bridgehead atoms. The maximum absolute atomic E-state index is 14.0. The molecular weight excluding hydrogens is 510 g/mol. The first-order valence-corrected chi connectivity index (χ1v) is 14.9. The van der Waals surface area contributed by atoms with Gasteiger partial charge in [0.25, 0.3) is 5.56 Å². The fourth-order valence-electron chi connectivity index (χ4n) is 5.79. The van der Waals surface area contributed by atoms with Gasteiger partial charge in [0.1, 0.15) is 4.83 Å². The van der Waals surface area contributed by atoms with Gasteiger partial charge in [-0.2, -0.15) is 0 Å². The minimum atomic E-state index is -0.261. The molecule has 38 heavy (non-hydrogen) atoms. The van der Waals surface area contributed by atoms with Crippen LogP contribution in [-0.4, -0.2) is 28.1 Å². The summed E-state index contributed by atoms with van der Waals surface area (Å²) < 4.78 is 1.70. The molecule has 0 saturated carbocycles. The topological polar surface area (TPSA) is 55.2 Å². The molecule has 0 saturated heterocycles. The summed E-state index contributed by atoms with van der Waals surface area (Å²) in [5, 5.41) is 1.33. The van der Waals surface area contributed by atoms with Crippen molar-refractivity contribution < 1.29 is 4.79 Å². The first-order valence-electron chi connectivity index (χ1n) is 13.1. The summed E-state index contributed by atoms with van der Waals surface area (Å²) in [4.78, 5) is 36.5. The van der Waals surface area contributed by atoms with Crippen LogP contribution in [0, 0.1) is 6.92 Å². The zero-order valence-corrected chi connectivity index (χ0v) is 23.8. The second-order valence-electron chi connectivity index (χ2n) is 10.7. The Morgan fingerprint density at radius 1 is 1.11 bits per heavy atom. The number of hydrogen-bond acceptors (Lipinski definition) is 6. The molecule has 0 amide bonds. The predicted octanol–water partition coefficient (Wildman–Crippen LogP) is 6.61. The maximum atomic E-state index is 14.0. The molecule has 2 aromatic carbocycles. The van der Waals surface area contributed by atoms with E-state index in [-0.39, 0.29) is 22.5 Å². The summed E-state index contributed by atoms with van der Waals surface area (Å²) in [6.45, 7) is 6.35. The number of aromatic nitrogens is 2. The van der Waals surface area contributed by atoms with Crippen molar-refractivity contribution in [3.63, 3.8) is 0 Å². The third kappa shape index (κ3) is 4.12. The standard InChI is InChI=1S/C31H31N3O2S2/c1-19-13-15-20(16-14-19)34-29(36)27-22-9-5-8-12-25(22)38-28(27)32-30(34)37-18-21(35)17-26-31(2,3)23-10-6-7-11-24(23)33(26)4/h6-7,10-11,13-17H,5,8-9,12,18H2,1-4H3/b26-17-. The normalized spacial score (nSPS) is 17.2. The number of fused-ring (bicyclic) bond motifs is 4. The van der Waals surface area contributed by atoms with E-state index in [0.29, 0.717) is 5.16 Å². The number of ketones is 1. The van der Waals surface area contributed by atoms with E-state index < -0.39 is 0 Å². The van der Waals surface area contributed by atoms with E-state index in [1.165, 1.54) is 27.8 Å². The Hall–Kier alpha value is -3.16. The minimum absolute atomic E-state index is 0.00741. The van der Waals surface area contributed by atoms with Crippen molar-refractivity contribution in [1.82, 2.24) is 9.55 Å². The van der Waals surface area contributed by atoms with Gasteiger partial charge in [-0.05, 0) is 61.9 Å². The van der Waals surface area contributed by atoms with Crippen LogP contribution in [-0.2, 0) is 23.1 Å². The van der Waals surface area contributed by atoms with Gasteiger partial charge < -0.3 is 4.90 Å². The fraction of sp³-hybridized carbons (Fsp3) is 0.323. The summed E-state index contributed by atoms with van der Waals surface area (Å²) >= 11 is 2.99. The molecule has 4 aromatic rings. The Morgan fingerprint density at radius 3 is 2.61 bits per heavy atom. The quantitative estimate of drug-likeness (QED) is 0.162. The molecule has 0 spiro atoms. The molecule has 0 N–H and O–H groups in total. The van der Waals surface area contributed by atoms with Crippen LogP contribution >= 0.6 is 23.1 Å². The lowest BCUT2D eigenvalue weighted by atomic mass is 9.83. The van der Waals surface area contributed by atoms with Gasteiger partial charge in [0.2, 0.25) is 0 Å². The van der Waals surface area contributed by atoms with Crippen LogP contribution in [0.5, 0.6) is 0 Å². The smallest absolute Gasteiger partial charge is 0.267 e. The molecule has 0 atom stereocenters. The molecule has 6 rings (SSSR count). The molecule has 5 nitrogen and oxygen atoms in total. The van der Waals surface area contributed by atoms with Crippen molar-refractivity contribution in [2.45, 2.75) is 57.0 Å². The largest absolute Gasteiger partial charge is 0.347 e. The molecule has 1 aliphatic carbocycles. The number of allylic oxidation sites excluding steroid dienone is 2. The van der Waals surface area contributed by atoms with Crippen molar-refractivity contribution >= 4 is 44.8 Å². The zero-order valence-electron chi connectivity index (χ0n) is 22.2. The molecule has 0 radical (unpaired) electrons. The number of para-hydroxylation sites is 1. The molecule has 2 aromatic heterocycles. The van der Waals surface area contributed by atoms with E-state index >= 15 is 0 Å². The van der Waals surface area contributed by atoms with Gasteiger partial charge in [-0.25, -0.2) is 4.98 Å². The number of rotatable bonds is 5. The lowest BCUT2D eigenvalue weighted by Crippen LogP contribution is -2.24. The van der Waals surface area contributed by atoms with E-state index in [9.17, 15) is 9.59 Å². The lowest BCUT2D eigenvalue weighted by molar-refractivity contribution is -0.112. The Bertz CT molecular complexity index is 1660. The molecule has 194 valence electrons. The van der Waals surface area contributed by atoms with Crippen molar-refractivity contribution in [3.8, 4) is 5.69 Å². The van der Waals surface area contributed by atoms with Crippen molar-refractivity contribution in [1.29, 1.82) is 0 Å². The van der Waals surface area contributed by atoms with Crippen molar-refractivity contribution in [3.05, 3.63) is 92.2 Å². The minimum Gasteiger partial charge on any atom is -0.347 e. The maximum Gasteiger partial charge on any atom is 0.267 e. The van der Waals surface area contributed by atoms with Gasteiger partial charge in [0.15, 0.2) is 10.9 Å². The number of likely N-dealkylation sites (N-methyl/N-ethyl adjacent to an activating group) is 1. The first-order chi connectivity index (χ1) is 18.3. The first kappa shape index (κ1) is 25.1. The van der Waals surface area contributed by atoms with Crippen LogP contribution in [0.15, 0.2) is 70.3 Å². The van der Waals surface area contributed by atoms with E-state index in [1.807, 2.05) is 50.4 Å². The monoisotopic (exact) mass is 541 g/mol. The van der Waals surface area contributed by atoms with Gasteiger partial charge in [-0.3, -0.25) is 14.2 Å². The number of thiophene rings is 1. The van der Waals surface area contributed by atoms with Gasteiger partial charge in [-0.1, -0.05) is 61.5 Å². The summed E-state index contributed by atoms with van der Waals surface area (Å²) in [5.41, 5.74) is 6.13. The van der Waals surface area contributed by atoms with Crippen molar-refractivity contribution in [2.24, 2.45) is 0 Å². The highest BCUT2D eigenvalue weighted by Gasteiger charge is 2.38. The van der Waals surface area contributed by atoms with Gasteiger partial charge in [-0.15, -0.1) is 11.3 Å². The Labute approximate surface area is 231 Å². The lowest BCUT2D eigenvalue weighted by Gasteiger charge is -2.24. The summed E-state index contributed by atoms with van der Waals surface area (Å²) in [6, 6.07) is 16.2. The Kier molecular flexibility index (Phi) is 6.31. The molecule has 3 heterocycles. The van der Waals surface area contributed by atoms with E-state index in [0.717, 1.165) is 58.5 Å². The Morgan fingerprint density at radius 2 is 1.84 bits per heavy atom. The number of anilines is 1. The SMILES string of the molecule is Cc1ccc(-n2c(SCC(=O)/C=C3\N(C)c4ccccc4C3(C)C)nc3sc4c(c3c2=O)CCCC4)cc1. The van der Waals surface area contributed by atoms with E-state index in [2.05, 4.69) is 30.9 Å². The van der Waals surface area contributed by atoms with Crippen LogP contribution in [0.25, 0.3) is 15.9 Å². The van der Waals surface area contributed by atoms with Crippen LogP contribution in [0.1, 0.15) is 48.3 Å². The highest BCUT2D eigenvalue weighted by Crippen LogP contribution is 2.46. The average Bonchev–Trinajstić information content (AvgIpc) is 3.37. The fourth-order valence-corrected chi connectivity index (χ4v) is 7.93. The second kappa shape index (κ2) is 9.54. The highest BCUT2D eigenvalue weighted by molar-refractivity contribution is 7.99. The summed E-state index contributed by atoms with van der Waals surface area (Å²) in [6.07, 6.45) is 5.98. The van der Waals surface area contributed by atoms with Crippen LogP contribution in [0.3, 0.4) is 0 Å². The van der Waals surface area contributed by atoms with E-state index in [4.69, 9.17) is 4.98 Å². The molecule has 1 aliphatic heterocycles. The number of benzene rings is 2. The number of hydrogen-bond donors (Lipinski definition) is 0. The van der Waals surface area contributed by atoms with Gasteiger partial charge in [0, 0.05) is 34.8 Å². The summed E-state index contributed by atoms with van der Waals surface area (Å²) in [5.74, 6) is 0.214. The zero-order chi connectivity index (χ0) is 26.6. The van der Waals surface area contributed by atoms with Crippen LogP contribution in [0.2, 0.25) is 0 Å². The Balaban J connectivity index is 1.37. The number of thioether (sulfide) groups is 1. The number of nitrogens with zero attached hydrogens (tertiary/aromatic N) is 3. The summed E-state index contributed by atoms with van der Waals surface area (Å²) in [7, 11) is 2.02. The number of carbonyl (C=O) groups excluding carboxylic acids is 1. The molecular formula is C31H31N3O2S2. The van der Waals surface area contributed by atoms with Crippen LogP contribution in [0.4, 0.5) is 5.69 Å². The van der Waals surface area contributed by atoms with Crippen molar-refractivity contribution in [2.75, 3.05) is 17.7 Å².